The lowest BCUT2D eigenvalue weighted by molar-refractivity contribution is -0.120. The van der Waals surface area contributed by atoms with E-state index in [0.717, 1.165) is 48.9 Å². The lowest BCUT2D eigenvalue weighted by atomic mass is 9.97. The van der Waals surface area contributed by atoms with Gasteiger partial charge in [0.1, 0.15) is 5.82 Å². The van der Waals surface area contributed by atoms with Crippen molar-refractivity contribution in [2.24, 2.45) is 5.92 Å². The third-order valence-electron chi connectivity index (χ3n) is 7.00. The predicted molar refractivity (Wildman–Crippen MR) is 140 cm³/mol. The van der Waals surface area contributed by atoms with E-state index < -0.39 is 10.0 Å². The summed E-state index contributed by atoms with van der Waals surface area (Å²) in [5, 5.41) is 3.73. The summed E-state index contributed by atoms with van der Waals surface area (Å²) in [5.74, 6) is 0.454. The molecule has 188 valence electrons. The molecule has 1 atom stereocenters. The third-order valence-corrected chi connectivity index (χ3v) is 8.90. The molecule has 0 aliphatic carbocycles. The van der Waals surface area contributed by atoms with Crippen molar-refractivity contribution in [2.75, 3.05) is 36.4 Å². The molecule has 1 amide bonds. The first-order chi connectivity index (χ1) is 17.3. The minimum atomic E-state index is -3.48. The number of Topliss-reactive ketones (excluding diaryl/α,β-unsaturated/α-hetero) is 1. The maximum atomic E-state index is 13.0. The number of aromatic nitrogens is 1. The second-order valence-corrected chi connectivity index (χ2v) is 11.5. The lowest BCUT2D eigenvalue weighted by Crippen LogP contribution is -2.41. The zero-order valence-corrected chi connectivity index (χ0v) is 21.1. The van der Waals surface area contributed by atoms with Crippen LogP contribution in [0.1, 0.15) is 43.0 Å². The van der Waals surface area contributed by atoms with Gasteiger partial charge >= 0.3 is 0 Å². The van der Waals surface area contributed by atoms with Crippen molar-refractivity contribution in [3.8, 4) is 0 Å². The number of pyridine rings is 1. The summed E-state index contributed by atoms with van der Waals surface area (Å²) in [4.78, 5) is 31.8. The molecule has 0 bridgehead atoms. The topological polar surface area (TPSA) is 99.7 Å². The Bertz CT molecular complexity index is 1420. The number of sulfonamides is 1. The number of nitrogens with zero attached hydrogens (tertiary/aromatic N) is 3. The standard InChI is InChI=1S/C27H30N4O4S/c1-19(32)20-6-4-8-23(16-20)28-27(33)22-7-5-13-30(18-22)26-12-9-21-17-24(10-11-25(21)29-26)36(34,35)31-14-2-3-15-31/h4,6,8-12,16-17,22H,2-3,5,7,13-15,18H2,1H3,(H,28,33)/t22-/m1/s1. The van der Waals surface area contributed by atoms with Gasteiger partial charge in [0.25, 0.3) is 0 Å². The fourth-order valence-corrected chi connectivity index (χ4v) is 6.52. The van der Waals surface area contributed by atoms with Crippen molar-refractivity contribution in [3.63, 3.8) is 0 Å². The first-order valence-corrected chi connectivity index (χ1v) is 13.8. The summed E-state index contributed by atoms with van der Waals surface area (Å²) in [6.45, 7) is 3.98. The highest BCUT2D eigenvalue weighted by Crippen LogP contribution is 2.28. The van der Waals surface area contributed by atoms with Crippen LogP contribution < -0.4 is 10.2 Å². The summed E-state index contributed by atoms with van der Waals surface area (Å²) in [7, 11) is -3.48. The van der Waals surface area contributed by atoms with Crippen LogP contribution in [0.15, 0.2) is 59.5 Å². The maximum Gasteiger partial charge on any atom is 0.243 e. The molecular formula is C27H30N4O4S. The number of piperidine rings is 1. The van der Waals surface area contributed by atoms with Gasteiger partial charge in [-0.05, 0) is 75.1 Å². The number of nitrogens with one attached hydrogen (secondary N) is 1. The number of fused-ring (bicyclic) bond motifs is 1. The zero-order chi connectivity index (χ0) is 25.3. The van der Waals surface area contributed by atoms with Gasteiger partial charge in [0.2, 0.25) is 15.9 Å². The number of carbonyl (C=O) groups is 2. The molecule has 0 spiro atoms. The molecule has 36 heavy (non-hydrogen) atoms. The highest BCUT2D eigenvalue weighted by Gasteiger charge is 2.28. The quantitative estimate of drug-likeness (QED) is 0.506. The Morgan fingerprint density at radius 2 is 1.78 bits per heavy atom. The van der Waals surface area contributed by atoms with Crippen LogP contribution in [-0.4, -0.2) is 55.6 Å². The van der Waals surface area contributed by atoms with Crippen molar-refractivity contribution in [1.82, 2.24) is 9.29 Å². The van der Waals surface area contributed by atoms with E-state index in [1.54, 1.807) is 46.8 Å². The van der Waals surface area contributed by atoms with E-state index in [1.807, 2.05) is 12.1 Å². The average Bonchev–Trinajstić information content (AvgIpc) is 3.44. The van der Waals surface area contributed by atoms with Gasteiger partial charge in [-0.1, -0.05) is 12.1 Å². The largest absolute Gasteiger partial charge is 0.356 e. The third kappa shape index (κ3) is 4.99. The number of anilines is 2. The number of carbonyl (C=O) groups excluding carboxylic acids is 2. The monoisotopic (exact) mass is 506 g/mol. The molecule has 1 aromatic heterocycles. The number of ketones is 1. The number of hydrogen-bond donors (Lipinski definition) is 1. The fraction of sp³-hybridized carbons (Fsp3) is 0.370. The smallest absolute Gasteiger partial charge is 0.243 e. The van der Waals surface area contributed by atoms with Gasteiger partial charge in [0.15, 0.2) is 5.78 Å². The average molecular weight is 507 g/mol. The van der Waals surface area contributed by atoms with Crippen molar-refractivity contribution in [1.29, 1.82) is 0 Å². The Morgan fingerprint density at radius 3 is 2.56 bits per heavy atom. The second-order valence-electron chi connectivity index (χ2n) is 9.55. The van der Waals surface area contributed by atoms with Crippen LogP contribution in [0.3, 0.4) is 0 Å². The van der Waals surface area contributed by atoms with Gasteiger partial charge in [-0.2, -0.15) is 4.31 Å². The zero-order valence-electron chi connectivity index (χ0n) is 20.3. The number of benzene rings is 2. The van der Waals surface area contributed by atoms with E-state index in [-0.39, 0.29) is 17.6 Å². The van der Waals surface area contributed by atoms with Crippen LogP contribution in [-0.2, 0) is 14.8 Å². The molecule has 2 aliphatic rings. The SMILES string of the molecule is CC(=O)c1cccc(NC(=O)[C@@H]2CCCN(c3ccc4cc(S(=O)(=O)N5CCCC5)ccc4n3)C2)c1. The van der Waals surface area contributed by atoms with Crippen molar-refractivity contribution >= 4 is 44.1 Å². The van der Waals surface area contributed by atoms with Crippen molar-refractivity contribution in [3.05, 3.63) is 60.2 Å². The van der Waals surface area contributed by atoms with Crippen LogP contribution in [0.4, 0.5) is 11.5 Å². The van der Waals surface area contributed by atoms with Crippen LogP contribution in [0, 0.1) is 5.92 Å². The summed E-state index contributed by atoms with van der Waals surface area (Å²) < 4.78 is 27.4. The van der Waals surface area contributed by atoms with E-state index in [9.17, 15) is 18.0 Å². The Morgan fingerprint density at radius 1 is 0.972 bits per heavy atom. The van der Waals surface area contributed by atoms with Crippen LogP contribution >= 0.6 is 0 Å². The molecule has 0 saturated carbocycles. The molecule has 5 rings (SSSR count). The molecule has 0 unspecified atom stereocenters. The van der Waals surface area contributed by atoms with Gasteiger partial charge in [0.05, 0.1) is 16.3 Å². The normalized spacial score (nSPS) is 18.9. The molecule has 0 radical (unpaired) electrons. The highest BCUT2D eigenvalue weighted by atomic mass is 32.2. The summed E-state index contributed by atoms with van der Waals surface area (Å²) in [6, 6.07) is 15.9. The molecule has 3 heterocycles. The Kier molecular flexibility index (Phi) is 6.77. The predicted octanol–water partition coefficient (Wildman–Crippen LogP) is 4.08. The summed E-state index contributed by atoms with van der Waals surface area (Å²) in [6.07, 6.45) is 3.44. The van der Waals surface area contributed by atoms with Crippen LogP contribution in [0.5, 0.6) is 0 Å². The molecule has 3 aromatic rings. The highest BCUT2D eigenvalue weighted by molar-refractivity contribution is 7.89. The second kappa shape index (κ2) is 9.99. The molecule has 8 nitrogen and oxygen atoms in total. The molecule has 2 fully saturated rings. The summed E-state index contributed by atoms with van der Waals surface area (Å²) >= 11 is 0. The van der Waals surface area contributed by atoms with Crippen LogP contribution in [0.25, 0.3) is 10.9 Å². The maximum absolute atomic E-state index is 13.0. The van der Waals surface area contributed by atoms with Gasteiger partial charge in [0, 0.05) is 42.8 Å². The van der Waals surface area contributed by atoms with Gasteiger partial charge in [-0.3, -0.25) is 9.59 Å². The Hall–Kier alpha value is -3.30. The summed E-state index contributed by atoms with van der Waals surface area (Å²) in [5.41, 5.74) is 1.91. The molecule has 1 N–H and O–H groups in total. The fourth-order valence-electron chi connectivity index (χ4n) is 4.97. The molecular weight excluding hydrogens is 476 g/mol. The lowest BCUT2D eigenvalue weighted by Gasteiger charge is -2.33. The van der Waals surface area contributed by atoms with Gasteiger partial charge in [-0.25, -0.2) is 13.4 Å². The first kappa shape index (κ1) is 24.4. The number of rotatable bonds is 6. The van der Waals surface area contributed by atoms with E-state index >= 15 is 0 Å². The molecule has 9 heteroatoms. The van der Waals surface area contributed by atoms with E-state index in [1.165, 1.54) is 6.92 Å². The molecule has 2 saturated heterocycles. The Labute approximate surface area is 211 Å². The van der Waals surface area contributed by atoms with Crippen molar-refractivity contribution in [2.45, 2.75) is 37.5 Å². The Balaban J connectivity index is 1.30. The number of amides is 1. The number of hydrogen-bond acceptors (Lipinski definition) is 6. The van der Waals surface area contributed by atoms with E-state index in [0.29, 0.717) is 35.8 Å². The molecule has 2 aromatic carbocycles. The molecule has 2 aliphatic heterocycles. The minimum Gasteiger partial charge on any atom is -0.356 e. The van der Waals surface area contributed by atoms with Gasteiger partial charge in [-0.15, -0.1) is 0 Å². The van der Waals surface area contributed by atoms with Gasteiger partial charge < -0.3 is 10.2 Å². The van der Waals surface area contributed by atoms with Crippen LogP contribution in [0.2, 0.25) is 0 Å². The van der Waals surface area contributed by atoms with E-state index in [2.05, 4.69) is 10.2 Å². The van der Waals surface area contributed by atoms with E-state index in [4.69, 9.17) is 4.98 Å². The first-order valence-electron chi connectivity index (χ1n) is 12.4. The minimum absolute atomic E-state index is 0.0434. The van der Waals surface area contributed by atoms with Crippen molar-refractivity contribution < 1.29 is 18.0 Å².